The molecule has 3 aromatic rings. The summed E-state index contributed by atoms with van der Waals surface area (Å²) < 4.78 is 0. The van der Waals surface area contributed by atoms with Crippen LogP contribution in [0.25, 0.3) is 0 Å². The Kier molecular flexibility index (Phi) is 16.6. The van der Waals surface area contributed by atoms with Gasteiger partial charge in [0, 0.05) is 0 Å². The van der Waals surface area contributed by atoms with E-state index in [0.717, 1.165) is 18.9 Å². The maximum absolute atomic E-state index is 3.45. The summed E-state index contributed by atoms with van der Waals surface area (Å²) in [6.45, 7) is 10.2. The van der Waals surface area contributed by atoms with Crippen molar-refractivity contribution in [2.45, 2.75) is 117 Å². The van der Waals surface area contributed by atoms with E-state index >= 15 is 0 Å². The predicted octanol–water partition coefficient (Wildman–Crippen LogP) is 9.55. The monoisotopic (exact) mass is 568 g/mol. The van der Waals surface area contributed by atoms with Gasteiger partial charge >= 0.3 is 0 Å². The lowest BCUT2D eigenvalue weighted by Crippen LogP contribution is -2.26. The highest BCUT2D eigenvalue weighted by Crippen LogP contribution is 2.25. The average molecular weight is 569 g/mol. The molecule has 1 fully saturated rings. The molecule has 4 rings (SSSR count). The zero-order valence-electron chi connectivity index (χ0n) is 27.4. The normalized spacial score (nSPS) is 13.5. The molecular formula is C40H60N2. The maximum atomic E-state index is 3.45. The van der Waals surface area contributed by atoms with E-state index in [0.29, 0.717) is 0 Å². The van der Waals surface area contributed by atoms with Crippen molar-refractivity contribution in [3.05, 3.63) is 106 Å². The molecule has 2 nitrogen and oxygen atoms in total. The molecule has 0 aliphatic carbocycles. The average Bonchev–Trinajstić information content (AvgIpc) is 3.03. The lowest BCUT2D eigenvalue weighted by atomic mass is 9.89. The molecule has 0 amide bonds. The van der Waals surface area contributed by atoms with Gasteiger partial charge in [-0.05, 0) is 149 Å². The van der Waals surface area contributed by atoms with Crippen molar-refractivity contribution < 1.29 is 0 Å². The van der Waals surface area contributed by atoms with Crippen molar-refractivity contribution in [1.82, 2.24) is 10.6 Å². The summed E-state index contributed by atoms with van der Waals surface area (Å²) in [5, 5.41) is 6.68. The second-order valence-corrected chi connectivity index (χ2v) is 12.4. The Bertz CT molecular complexity index is 1110. The molecule has 1 heterocycles. The minimum atomic E-state index is 0.773. The van der Waals surface area contributed by atoms with E-state index in [4.69, 9.17) is 0 Å². The third-order valence-electron chi connectivity index (χ3n) is 9.06. The number of aryl methyl sites for hydroxylation is 6. The number of piperidine rings is 1. The molecular weight excluding hydrogens is 508 g/mol. The van der Waals surface area contributed by atoms with E-state index in [-0.39, 0.29) is 0 Å². The van der Waals surface area contributed by atoms with Gasteiger partial charge in [-0.25, -0.2) is 0 Å². The second kappa shape index (κ2) is 20.5. The topological polar surface area (TPSA) is 24.1 Å². The molecule has 0 spiro atoms. The van der Waals surface area contributed by atoms with Gasteiger partial charge in [0.2, 0.25) is 0 Å². The van der Waals surface area contributed by atoms with Crippen LogP contribution in [0.5, 0.6) is 0 Å². The van der Waals surface area contributed by atoms with E-state index in [2.05, 4.69) is 98.1 Å². The Balaban J connectivity index is 0.000000241. The van der Waals surface area contributed by atoms with Crippen LogP contribution in [0.4, 0.5) is 0 Å². The van der Waals surface area contributed by atoms with Crippen molar-refractivity contribution >= 4 is 0 Å². The first kappa shape index (κ1) is 34.1. The van der Waals surface area contributed by atoms with Gasteiger partial charge in [-0.1, -0.05) is 99.8 Å². The summed E-state index contributed by atoms with van der Waals surface area (Å²) in [5.74, 6) is 0.773. The van der Waals surface area contributed by atoms with E-state index in [9.17, 15) is 0 Å². The van der Waals surface area contributed by atoms with Crippen molar-refractivity contribution in [3.63, 3.8) is 0 Å². The molecule has 0 bridgehead atoms. The Morgan fingerprint density at radius 3 is 2.05 bits per heavy atom. The van der Waals surface area contributed by atoms with Crippen LogP contribution in [0.1, 0.15) is 116 Å². The lowest BCUT2D eigenvalue weighted by molar-refractivity contribution is 0.460. The number of unbranched alkanes of at least 4 members (excludes halogenated alkanes) is 4. The number of rotatable bonds is 16. The molecule has 0 aromatic heterocycles. The van der Waals surface area contributed by atoms with E-state index in [1.54, 1.807) is 16.7 Å². The maximum Gasteiger partial charge on any atom is -0.00431 e. The SMILES string of the molecule is CCCCCc1cc(CC)ccc1CCCNC.Cc1ccccc1CCCCCc1ccc(C2CCNCC2)cc1. The van der Waals surface area contributed by atoms with Crippen LogP contribution in [0.3, 0.4) is 0 Å². The molecule has 42 heavy (non-hydrogen) atoms. The number of hydrogen-bond acceptors (Lipinski definition) is 2. The van der Waals surface area contributed by atoms with Gasteiger partial charge < -0.3 is 10.6 Å². The minimum Gasteiger partial charge on any atom is -0.320 e. The fourth-order valence-electron chi connectivity index (χ4n) is 6.22. The zero-order chi connectivity index (χ0) is 29.8. The molecule has 0 saturated carbocycles. The molecule has 3 aromatic carbocycles. The fourth-order valence-corrected chi connectivity index (χ4v) is 6.22. The second-order valence-electron chi connectivity index (χ2n) is 12.4. The summed E-state index contributed by atoms with van der Waals surface area (Å²) >= 11 is 0. The van der Waals surface area contributed by atoms with Gasteiger partial charge in [0.25, 0.3) is 0 Å². The lowest BCUT2D eigenvalue weighted by Gasteiger charge is -2.23. The Labute approximate surface area is 259 Å². The van der Waals surface area contributed by atoms with Crippen molar-refractivity contribution in [1.29, 1.82) is 0 Å². The third kappa shape index (κ3) is 12.4. The number of hydrogen-bond donors (Lipinski definition) is 2. The fraction of sp³-hybridized carbons (Fsp3) is 0.550. The molecule has 1 saturated heterocycles. The molecule has 1 aliphatic rings. The largest absolute Gasteiger partial charge is 0.320 e. The van der Waals surface area contributed by atoms with Crippen molar-refractivity contribution in [2.24, 2.45) is 0 Å². The molecule has 0 atom stereocenters. The van der Waals surface area contributed by atoms with Gasteiger partial charge in [0.15, 0.2) is 0 Å². The van der Waals surface area contributed by atoms with E-state index in [1.165, 1.54) is 119 Å². The van der Waals surface area contributed by atoms with Crippen molar-refractivity contribution in [2.75, 3.05) is 26.7 Å². The van der Waals surface area contributed by atoms with Crippen LogP contribution in [0.15, 0.2) is 66.7 Å². The number of benzene rings is 3. The quantitative estimate of drug-likeness (QED) is 0.168. The van der Waals surface area contributed by atoms with Gasteiger partial charge in [0.05, 0.1) is 0 Å². The molecule has 0 radical (unpaired) electrons. The highest BCUT2D eigenvalue weighted by molar-refractivity contribution is 5.32. The first-order chi connectivity index (χ1) is 20.6. The third-order valence-corrected chi connectivity index (χ3v) is 9.06. The molecule has 2 heteroatoms. The highest BCUT2D eigenvalue weighted by Gasteiger charge is 2.14. The predicted molar refractivity (Wildman–Crippen MR) is 185 cm³/mol. The molecule has 2 N–H and O–H groups in total. The molecule has 230 valence electrons. The Morgan fingerprint density at radius 2 is 1.33 bits per heavy atom. The van der Waals surface area contributed by atoms with Crippen LogP contribution in [0.2, 0.25) is 0 Å². The first-order valence-electron chi connectivity index (χ1n) is 17.2. The summed E-state index contributed by atoms with van der Waals surface area (Å²) in [4.78, 5) is 0. The van der Waals surface area contributed by atoms with Gasteiger partial charge in [-0.2, -0.15) is 0 Å². The summed E-state index contributed by atoms with van der Waals surface area (Å²) in [6.07, 6.45) is 17.8. The molecule has 1 aliphatic heterocycles. The number of nitrogens with one attached hydrogen (secondary N) is 2. The van der Waals surface area contributed by atoms with Crippen LogP contribution in [-0.4, -0.2) is 26.7 Å². The first-order valence-corrected chi connectivity index (χ1v) is 17.2. The van der Waals surface area contributed by atoms with Gasteiger partial charge in [-0.15, -0.1) is 0 Å². The summed E-state index contributed by atoms with van der Waals surface area (Å²) in [7, 11) is 2.03. The smallest absolute Gasteiger partial charge is 0.00431 e. The van der Waals surface area contributed by atoms with Crippen LogP contribution < -0.4 is 10.6 Å². The Morgan fingerprint density at radius 1 is 0.667 bits per heavy atom. The van der Waals surface area contributed by atoms with Crippen molar-refractivity contribution in [3.8, 4) is 0 Å². The van der Waals surface area contributed by atoms with E-state index < -0.39 is 0 Å². The highest BCUT2D eigenvalue weighted by atomic mass is 14.9. The van der Waals surface area contributed by atoms with Crippen LogP contribution in [0, 0.1) is 6.92 Å². The Hall–Kier alpha value is -2.42. The standard InChI is InChI=1S/C23H31N.C17H29N/c1-19-7-5-6-10-21(19)9-4-2-3-8-20-11-13-22(14-12-20)23-15-17-24-18-16-23;1-4-6-7-9-17-14-15(5-2)11-12-16(17)10-8-13-18-3/h5-7,10-14,23-24H,2-4,8-9,15-18H2,1H3;11-12,14,18H,4-10,13H2,1-3H3. The molecule has 0 unspecified atom stereocenters. The summed E-state index contributed by atoms with van der Waals surface area (Å²) in [5.41, 5.74) is 10.6. The van der Waals surface area contributed by atoms with Crippen LogP contribution in [-0.2, 0) is 32.1 Å². The zero-order valence-corrected chi connectivity index (χ0v) is 27.4. The van der Waals surface area contributed by atoms with Gasteiger partial charge in [-0.3, -0.25) is 0 Å². The summed E-state index contributed by atoms with van der Waals surface area (Å²) in [6, 6.07) is 25.3. The minimum absolute atomic E-state index is 0.773. The van der Waals surface area contributed by atoms with Gasteiger partial charge in [0.1, 0.15) is 0 Å². The van der Waals surface area contributed by atoms with E-state index in [1.807, 2.05) is 7.05 Å². The van der Waals surface area contributed by atoms with Crippen LogP contribution >= 0.6 is 0 Å².